The van der Waals surface area contributed by atoms with Crippen molar-refractivity contribution in [3.05, 3.63) is 0 Å². The van der Waals surface area contributed by atoms with E-state index in [2.05, 4.69) is 20.9 Å². The van der Waals surface area contributed by atoms with Crippen LogP contribution in [0.15, 0.2) is 4.99 Å². The van der Waals surface area contributed by atoms with Crippen molar-refractivity contribution in [1.29, 1.82) is 0 Å². The highest BCUT2D eigenvalue weighted by atomic mass is 16.4. The van der Waals surface area contributed by atoms with Gasteiger partial charge >= 0.3 is 5.97 Å². The first-order chi connectivity index (χ1) is 19.7. The largest absolute Gasteiger partial charge is 0.480 e. The van der Waals surface area contributed by atoms with Gasteiger partial charge in [-0.2, -0.15) is 0 Å². The SMILES string of the molecule is CC[C@H](C)[C@H](NC(=O)[C@H](CCCN=C(N)N)NC(=O)[C@H](CO)NC(=O)[C@@H]1CCCN1C(=O)[C@@H](N)CCC(N)=O)C(=O)O. The van der Waals surface area contributed by atoms with Crippen LogP contribution < -0.4 is 38.9 Å². The van der Waals surface area contributed by atoms with E-state index >= 15 is 0 Å². The molecule has 1 aliphatic heterocycles. The summed E-state index contributed by atoms with van der Waals surface area (Å²) in [6.07, 6.45) is 1.39. The molecule has 0 saturated carbocycles. The molecule has 0 unspecified atom stereocenters. The highest BCUT2D eigenvalue weighted by Crippen LogP contribution is 2.19. The molecule has 17 heteroatoms. The number of carboxylic acid groups (broad SMARTS) is 1. The number of nitrogens with two attached hydrogens (primary N) is 4. The fourth-order valence-corrected chi connectivity index (χ4v) is 4.38. The third-order valence-corrected chi connectivity index (χ3v) is 7.03. The Hall–Kier alpha value is -3.99. The van der Waals surface area contributed by atoms with Crippen molar-refractivity contribution < 1.29 is 39.0 Å². The number of amides is 5. The molecule has 1 rings (SSSR count). The van der Waals surface area contributed by atoms with Gasteiger partial charge in [0.25, 0.3) is 0 Å². The number of rotatable bonds is 18. The quantitative estimate of drug-likeness (QED) is 0.0418. The third-order valence-electron chi connectivity index (χ3n) is 7.03. The number of aliphatic carboxylic acids is 1. The number of carbonyl (C=O) groups excluding carboxylic acids is 5. The van der Waals surface area contributed by atoms with Gasteiger partial charge in [-0.1, -0.05) is 20.3 Å². The van der Waals surface area contributed by atoms with Crippen LogP contribution in [-0.4, -0.2) is 106 Å². The number of hydrogen-bond acceptors (Lipinski definition) is 9. The Bertz CT molecular complexity index is 1000. The van der Waals surface area contributed by atoms with E-state index < -0.39 is 78.2 Å². The molecular weight excluding hydrogens is 554 g/mol. The molecule has 0 spiro atoms. The second-order valence-electron chi connectivity index (χ2n) is 10.3. The van der Waals surface area contributed by atoms with Crippen LogP contribution in [0.25, 0.3) is 0 Å². The van der Waals surface area contributed by atoms with Crippen molar-refractivity contribution in [3.63, 3.8) is 0 Å². The molecule has 6 atom stereocenters. The van der Waals surface area contributed by atoms with E-state index in [4.69, 9.17) is 22.9 Å². The second kappa shape index (κ2) is 17.7. The van der Waals surface area contributed by atoms with Gasteiger partial charge < -0.3 is 54.0 Å². The third kappa shape index (κ3) is 11.5. The van der Waals surface area contributed by atoms with Gasteiger partial charge in [-0.25, -0.2) is 4.79 Å². The standard InChI is InChI=1S/C25H45N9O8/c1-3-13(2)19(24(41)42)33-20(37)15(6-4-10-30-25(28)29)31-21(38)16(12-35)32-22(39)17-7-5-11-34(17)23(40)14(26)8-9-18(27)36/h13-17,19,35H,3-12,26H2,1-2H3,(H2,27,36)(H,31,38)(H,32,39)(H,33,37)(H,41,42)(H4,28,29,30)/t13-,14-,15-,16-,17-,19-/m0/s1. The van der Waals surface area contributed by atoms with Gasteiger partial charge in [-0.05, 0) is 38.0 Å². The predicted molar refractivity (Wildman–Crippen MR) is 151 cm³/mol. The molecule has 0 aliphatic carbocycles. The van der Waals surface area contributed by atoms with Crippen molar-refractivity contribution in [3.8, 4) is 0 Å². The van der Waals surface area contributed by atoms with Gasteiger partial charge in [0, 0.05) is 19.5 Å². The molecule has 1 aliphatic rings. The zero-order valence-corrected chi connectivity index (χ0v) is 24.1. The van der Waals surface area contributed by atoms with E-state index in [9.17, 15) is 39.0 Å². The number of aliphatic imine (C=N–C) groups is 1. The highest BCUT2D eigenvalue weighted by molar-refractivity contribution is 5.95. The zero-order valence-electron chi connectivity index (χ0n) is 24.1. The van der Waals surface area contributed by atoms with Crippen LogP contribution in [0, 0.1) is 5.92 Å². The van der Waals surface area contributed by atoms with E-state index in [1.165, 1.54) is 4.90 Å². The highest BCUT2D eigenvalue weighted by Gasteiger charge is 2.38. The van der Waals surface area contributed by atoms with Crippen LogP contribution in [0.2, 0.25) is 0 Å². The molecule has 1 heterocycles. The number of aliphatic hydroxyl groups excluding tert-OH is 1. The number of primary amides is 1. The Morgan fingerprint density at radius 3 is 2.19 bits per heavy atom. The molecule has 0 aromatic carbocycles. The number of guanidine groups is 1. The molecule has 1 fully saturated rings. The van der Waals surface area contributed by atoms with Crippen molar-refractivity contribution >= 4 is 41.5 Å². The van der Waals surface area contributed by atoms with Crippen LogP contribution in [0.5, 0.6) is 0 Å². The first kappa shape index (κ1) is 36.0. The number of nitrogens with one attached hydrogen (secondary N) is 3. The molecule has 0 bridgehead atoms. The molecular formula is C25H45N9O8. The van der Waals surface area contributed by atoms with Gasteiger partial charge in [0.05, 0.1) is 12.6 Å². The Labute approximate surface area is 244 Å². The first-order valence-corrected chi connectivity index (χ1v) is 13.9. The van der Waals surface area contributed by atoms with E-state index in [-0.39, 0.29) is 51.2 Å². The second-order valence-corrected chi connectivity index (χ2v) is 10.3. The summed E-state index contributed by atoms with van der Waals surface area (Å²) in [6.45, 7) is 2.95. The summed E-state index contributed by atoms with van der Waals surface area (Å²) in [6, 6.07) is -5.96. The molecule has 0 aromatic heterocycles. The number of nitrogens with zero attached hydrogens (tertiary/aromatic N) is 2. The summed E-state index contributed by atoms with van der Waals surface area (Å²) in [5.41, 5.74) is 21.6. The lowest BCUT2D eigenvalue weighted by Crippen LogP contribution is -2.59. The fraction of sp³-hybridized carbons (Fsp3) is 0.720. The normalized spacial score (nSPS) is 18.1. The van der Waals surface area contributed by atoms with E-state index in [0.717, 1.165) is 0 Å². The maximum absolute atomic E-state index is 13.1. The summed E-state index contributed by atoms with van der Waals surface area (Å²) >= 11 is 0. The average Bonchev–Trinajstić information content (AvgIpc) is 3.43. The Kier molecular flexibility index (Phi) is 15.2. The van der Waals surface area contributed by atoms with Crippen molar-refractivity contribution in [2.24, 2.45) is 33.8 Å². The summed E-state index contributed by atoms with van der Waals surface area (Å²) in [5, 5.41) is 26.7. The fourth-order valence-electron chi connectivity index (χ4n) is 4.38. The van der Waals surface area contributed by atoms with Crippen LogP contribution >= 0.6 is 0 Å². The first-order valence-electron chi connectivity index (χ1n) is 13.9. The lowest BCUT2D eigenvalue weighted by Gasteiger charge is -2.28. The van der Waals surface area contributed by atoms with E-state index in [1.54, 1.807) is 13.8 Å². The molecule has 17 nitrogen and oxygen atoms in total. The van der Waals surface area contributed by atoms with Crippen molar-refractivity contribution in [1.82, 2.24) is 20.9 Å². The van der Waals surface area contributed by atoms with Gasteiger partial charge in [0.2, 0.25) is 29.5 Å². The maximum Gasteiger partial charge on any atom is 0.326 e. The van der Waals surface area contributed by atoms with Crippen molar-refractivity contribution in [2.45, 2.75) is 89.0 Å². The minimum Gasteiger partial charge on any atom is -0.480 e. The predicted octanol–water partition coefficient (Wildman–Crippen LogP) is -3.80. The Balaban J connectivity index is 2.99. The lowest BCUT2D eigenvalue weighted by atomic mass is 9.98. The number of hydrogen-bond donors (Lipinski definition) is 9. The topological polar surface area (TPSA) is 299 Å². The van der Waals surface area contributed by atoms with Crippen LogP contribution in [-0.2, 0) is 28.8 Å². The Morgan fingerprint density at radius 2 is 1.64 bits per heavy atom. The van der Waals surface area contributed by atoms with Gasteiger partial charge in [0.15, 0.2) is 5.96 Å². The average molecular weight is 600 g/mol. The molecule has 0 radical (unpaired) electrons. The molecule has 1 saturated heterocycles. The summed E-state index contributed by atoms with van der Waals surface area (Å²) in [4.78, 5) is 79.8. The van der Waals surface area contributed by atoms with Gasteiger partial charge in [-0.3, -0.25) is 29.0 Å². The minimum absolute atomic E-state index is 0.00703. The summed E-state index contributed by atoms with van der Waals surface area (Å²) in [7, 11) is 0. The molecule has 13 N–H and O–H groups in total. The zero-order chi connectivity index (χ0) is 32.0. The summed E-state index contributed by atoms with van der Waals surface area (Å²) < 4.78 is 0. The van der Waals surface area contributed by atoms with Gasteiger partial charge in [-0.15, -0.1) is 0 Å². The van der Waals surface area contributed by atoms with Crippen molar-refractivity contribution in [2.75, 3.05) is 19.7 Å². The van der Waals surface area contributed by atoms with Crippen LogP contribution in [0.4, 0.5) is 0 Å². The number of likely N-dealkylation sites (tertiary alicyclic amines) is 1. The monoisotopic (exact) mass is 599 g/mol. The van der Waals surface area contributed by atoms with Crippen LogP contribution in [0.3, 0.4) is 0 Å². The minimum atomic E-state index is -1.49. The number of carbonyl (C=O) groups is 6. The van der Waals surface area contributed by atoms with Gasteiger partial charge in [0.1, 0.15) is 24.2 Å². The lowest BCUT2D eigenvalue weighted by molar-refractivity contribution is -0.144. The number of aliphatic hydroxyl groups is 1. The van der Waals surface area contributed by atoms with Crippen LogP contribution in [0.1, 0.15) is 58.8 Å². The summed E-state index contributed by atoms with van der Waals surface area (Å²) in [5.74, 6) is -5.38. The molecule has 0 aromatic rings. The Morgan fingerprint density at radius 1 is 1.00 bits per heavy atom. The molecule has 42 heavy (non-hydrogen) atoms. The molecule has 5 amide bonds. The van der Waals surface area contributed by atoms with E-state index in [1.807, 2.05) is 0 Å². The smallest absolute Gasteiger partial charge is 0.326 e. The number of carboxylic acids is 1. The molecule has 238 valence electrons. The maximum atomic E-state index is 13.1. The van der Waals surface area contributed by atoms with E-state index in [0.29, 0.717) is 12.8 Å².